The summed E-state index contributed by atoms with van der Waals surface area (Å²) in [7, 11) is 1.53. The number of rotatable bonds is 6. The number of amides is 1. The van der Waals surface area contributed by atoms with E-state index in [1.54, 1.807) is 41.6 Å². The van der Waals surface area contributed by atoms with Crippen molar-refractivity contribution in [1.29, 1.82) is 0 Å². The van der Waals surface area contributed by atoms with Gasteiger partial charge < -0.3 is 20.1 Å². The molecule has 0 fully saturated rings. The Hall–Kier alpha value is -4.18. The lowest BCUT2D eigenvalue weighted by Gasteiger charge is -2.28. The van der Waals surface area contributed by atoms with Crippen LogP contribution in [0, 0.1) is 0 Å². The Morgan fingerprint density at radius 1 is 1.15 bits per heavy atom. The lowest BCUT2D eigenvalue weighted by Crippen LogP contribution is -2.34. The van der Waals surface area contributed by atoms with Gasteiger partial charge in [-0.2, -0.15) is 5.10 Å². The van der Waals surface area contributed by atoms with Crippen LogP contribution >= 0.6 is 0 Å². The van der Waals surface area contributed by atoms with Crippen LogP contribution in [0.15, 0.2) is 48.8 Å². The second-order valence-electron chi connectivity index (χ2n) is 7.96. The molecule has 0 bridgehead atoms. The summed E-state index contributed by atoms with van der Waals surface area (Å²) in [5.74, 6) is 1.21. The summed E-state index contributed by atoms with van der Waals surface area (Å²) in [6.45, 7) is 2.97. The van der Waals surface area contributed by atoms with Crippen LogP contribution in [0.1, 0.15) is 46.0 Å². The predicted molar refractivity (Wildman–Crippen MR) is 124 cm³/mol. The highest BCUT2D eigenvalue weighted by Gasteiger charge is 2.27. The van der Waals surface area contributed by atoms with Crippen molar-refractivity contribution in [2.45, 2.75) is 32.7 Å². The van der Waals surface area contributed by atoms with Crippen molar-refractivity contribution < 1.29 is 14.3 Å². The van der Waals surface area contributed by atoms with Gasteiger partial charge in [0.15, 0.2) is 0 Å². The molecule has 10 nitrogen and oxygen atoms in total. The maximum absolute atomic E-state index is 13.8. The van der Waals surface area contributed by atoms with E-state index in [1.807, 2.05) is 19.1 Å². The van der Waals surface area contributed by atoms with E-state index in [9.17, 15) is 4.79 Å². The monoisotopic (exact) mass is 457 g/mol. The van der Waals surface area contributed by atoms with Gasteiger partial charge in [0.2, 0.25) is 5.88 Å². The number of aromatic nitrogens is 5. The van der Waals surface area contributed by atoms with Crippen LogP contribution in [0.3, 0.4) is 0 Å². The zero-order valence-corrected chi connectivity index (χ0v) is 18.8. The minimum absolute atomic E-state index is 0.191. The fraction of sp³-hybridized carbons (Fsp3) is 0.250. The molecule has 1 amide bonds. The number of hydrogen-bond donors (Lipinski definition) is 1. The topological polar surface area (TPSA) is 129 Å². The molecule has 0 saturated carbocycles. The fourth-order valence-corrected chi connectivity index (χ4v) is 4.04. The highest BCUT2D eigenvalue weighted by atomic mass is 16.5. The van der Waals surface area contributed by atoms with E-state index in [0.717, 1.165) is 22.0 Å². The molecule has 4 aromatic rings. The van der Waals surface area contributed by atoms with E-state index >= 15 is 0 Å². The summed E-state index contributed by atoms with van der Waals surface area (Å²) >= 11 is 0. The van der Waals surface area contributed by atoms with E-state index < -0.39 is 6.04 Å². The van der Waals surface area contributed by atoms with Crippen molar-refractivity contribution in [3.8, 4) is 5.88 Å². The highest BCUT2D eigenvalue weighted by molar-refractivity contribution is 5.99. The van der Waals surface area contributed by atoms with Gasteiger partial charge in [-0.25, -0.2) is 15.0 Å². The van der Waals surface area contributed by atoms with E-state index in [2.05, 4.69) is 25.1 Å². The molecule has 0 saturated heterocycles. The molecule has 3 aromatic heterocycles. The maximum Gasteiger partial charge on any atom is 0.254 e. The number of ether oxygens (including phenoxy) is 2. The normalized spacial score (nSPS) is 13.5. The molecule has 0 radical (unpaired) electrons. The van der Waals surface area contributed by atoms with Crippen molar-refractivity contribution >= 4 is 22.6 Å². The molecule has 0 unspecified atom stereocenters. The number of methoxy groups -OCH3 is 1. The third-order valence-corrected chi connectivity index (χ3v) is 5.90. The Balaban J connectivity index is 1.54. The Bertz CT molecular complexity index is 1350. The number of nitrogens with two attached hydrogens (primary N) is 1. The highest BCUT2D eigenvalue weighted by Crippen LogP contribution is 2.32. The zero-order valence-electron chi connectivity index (χ0n) is 18.8. The molecule has 34 heavy (non-hydrogen) atoms. The molecule has 2 N–H and O–H groups in total. The van der Waals surface area contributed by atoms with Gasteiger partial charge in [0.1, 0.15) is 11.6 Å². The second kappa shape index (κ2) is 8.99. The van der Waals surface area contributed by atoms with E-state index in [0.29, 0.717) is 42.0 Å². The molecule has 1 aromatic carbocycles. The largest absolute Gasteiger partial charge is 0.480 e. The first-order valence-corrected chi connectivity index (χ1v) is 10.8. The molecule has 1 aliphatic rings. The van der Waals surface area contributed by atoms with Crippen LogP contribution < -0.4 is 10.5 Å². The number of nitrogens with zero attached hydrogens (tertiary/aromatic N) is 6. The fourth-order valence-electron chi connectivity index (χ4n) is 4.04. The molecule has 4 heterocycles. The predicted octanol–water partition coefficient (Wildman–Crippen LogP) is 2.84. The van der Waals surface area contributed by atoms with Crippen LogP contribution in [0.4, 0.5) is 5.82 Å². The van der Waals surface area contributed by atoms with Gasteiger partial charge in [-0.15, -0.1) is 5.10 Å². The minimum Gasteiger partial charge on any atom is -0.480 e. The van der Waals surface area contributed by atoms with Gasteiger partial charge in [-0.1, -0.05) is 0 Å². The number of carbonyl (C=O) groups is 1. The summed E-state index contributed by atoms with van der Waals surface area (Å²) in [6, 6.07) is 10.2. The molecule has 172 valence electrons. The number of fused-ring (bicyclic) bond motifs is 3. The van der Waals surface area contributed by atoms with Crippen LogP contribution in [-0.4, -0.2) is 43.1 Å². The van der Waals surface area contributed by atoms with Crippen molar-refractivity contribution in [2.75, 3.05) is 12.8 Å². The number of hydrogen-bond acceptors (Lipinski definition) is 9. The van der Waals surface area contributed by atoms with Crippen molar-refractivity contribution in [1.82, 2.24) is 30.0 Å². The standard InChI is InChI=1S/C24H23N7O3/c1-14(23-26-8-3-9-27-23)31(11-16-5-7-21(33-2)30-29-16)24(32)15-4-6-20-17(10-15)18-12-34-13-19(18)22(25)28-20/h3-10,14H,11-13H2,1-2H3,(H2,25,28)/t14-/m1/s1. The van der Waals surface area contributed by atoms with E-state index in [-0.39, 0.29) is 12.5 Å². The first-order valence-electron chi connectivity index (χ1n) is 10.8. The second-order valence-corrected chi connectivity index (χ2v) is 7.96. The number of benzene rings is 1. The number of pyridine rings is 1. The SMILES string of the molecule is COc1ccc(CN(C(=O)c2ccc3nc(N)c4c(c3c2)COC4)[C@H](C)c2ncccn2)nn1. The van der Waals surface area contributed by atoms with Gasteiger partial charge in [-0.05, 0) is 42.8 Å². The van der Waals surface area contributed by atoms with Gasteiger partial charge in [0.25, 0.3) is 5.91 Å². The summed E-state index contributed by atoms with van der Waals surface area (Å²) in [6.07, 6.45) is 3.31. The average molecular weight is 457 g/mol. The third-order valence-electron chi connectivity index (χ3n) is 5.90. The molecule has 1 atom stereocenters. The smallest absolute Gasteiger partial charge is 0.254 e. The Kier molecular flexibility index (Phi) is 5.72. The van der Waals surface area contributed by atoms with Crippen molar-refractivity contribution in [3.05, 3.63) is 77.0 Å². The lowest BCUT2D eigenvalue weighted by molar-refractivity contribution is 0.0663. The lowest BCUT2D eigenvalue weighted by atomic mass is 10.0. The number of carbonyl (C=O) groups excluding carboxylic acids is 1. The van der Waals surface area contributed by atoms with Gasteiger partial charge >= 0.3 is 0 Å². The Morgan fingerprint density at radius 3 is 2.68 bits per heavy atom. The van der Waals surface area contributed by atoms with Crippen molar-refractivity contribution in [2.24, 2.45) is 0 Å². The maximum atomic E-state index is 13.8. The summed E-state index contributed by atoms with van der Waals surface area (Å²) in [5.41, 5.74) is 9.80. The molecular formula is C24H23N7O3. The average Bonchev–Trinajstić information content (AvgIpc) is 3.38. The minimum atomic E-state index is -0.410. The third kappa shape index (κ3) is 3.99. The first-order chi connectivity index (χ1) is 16.5. The molecule has 0 aliphatic carbocycles. The van der Waals surface area contributed by atoms with Gasteiger partial charge in [0, 0.05) is 35.0 Å². The van der Waals surface area contributed by atoms with Crippen LogP contribution in [0.2, 0.25) is 0 Å². The van der Waals surface area contributed by atoms with Crippen LogP contribution in [0.25, 0.3) is 10.9 Å². The van der Waals surface area contributed by atoms with Crippen LogP contribution in [0.5, 0.6) is 5.88 Å². The number of anilines is 1. The first kappa shape index (κ1) is 21.7. The molecule has 10 heteroatoms. The van der Waals surface area contributed by atoms with E-state index in [1.165, 1.54) is 7.11 Å². The summed E-state index contributed by atoms with van der Waals surface area (Å²) in [5, 5.41) is 9.09. The van der Waals surface area contributed by atoms with E-state index in [4.69, 9.17) is 15.2 Å². The molecular weight excluding hydrogens is 434 g/mol. The molecule has 0 spiro atoms. The van der Waals surface area contributed by atoms with Crippen molar-refractivity contribution in [3.63, 3.8) is 0 Å². The van der Waals surface area contributed by atoms with Gasteiger partial charge in [0.05, 0.1) is 44.1 Å². The zero-order chi connectivity index (χ0) is 23.7. The quantitative estimate of drug-likeness (QED) is 0.464. The Morgan fingerprint density at radius 2 is 1.94 bits per heavy atom. The molecule has 1 aliphatic heterocycles. The summed E-state index contributed by atoms with van der Waals surface area (Å²) in [4.78, 5) is 28.7. The molecule has 5 rings (SSSR count). The Labute approximate surface area is 195 Å². The van der Waals surface area contributed by atoms with Gasteiger partial charge in [-0.3, -0.25) is 4.79 Å². The number of nitrogen functional groups attached to an aromatic ring is 1. The summed E-state index contributed by atoms with van der Waals surface area (Å²) < 4.78 is 10.7. The van der Waals surface area contributed by atoms with Crippen LogP contribution in [-0.2, 0) is 24.5 Å².